The van der Waals surface area contributed by atoms with Crippen LogP contribution in [0.25, 0.3) is 27.9 Å². The Morgan fingerprint density at radius 3 is 2.56 bits per heavy atom. The molecule has 0 spiro atoms. The summed E-state index contributed by atoms with van der Waals surface area (Å²) in [5.41, 5.74) is 4.40. The van der Waals surface area contributed by atoms with Crippen LogP contribution in [0.1, 0.15) is 43.2 Å². The molecule has 0 atom stereocenters. The van der Waals surface area contributed by atoms with E-state index in [9.17, 15) is 4.79 Å². The minimum absolute atomic E-state index is 0.236. The lowest BCUT2D eigenvalue weighted by atomic mass is 10.1. The van der Waals surface area contributed by atoms with Crippen molar-refractivity contribution in [3.63, 3.8) is 0 Å². The summed E-state index contributed by atoms with van der Waals surface area (Å²) in [6.07, 6.45) is 7.94. The van der Waals surface area contributed by atoms with E-state index in [1.807, 2.05) is 25.2 Å². The molecule has 2 N–H and O–H groups in total. The molecule has 0 aliphatic carbocycles. The van der Waals surface area contributed by atoms with Crippen LogP contribution >= 0.6 is 0 Å². The number of fused-ring (bicyclic) bond motifs is 2. The molecule has 4 aromatic rings. The number of nitrogens with zero attached hydrogens (tertiary/aromatic N) is 5. The van der Waals surface area contributed by atoms with Crippen LogP contribution in [-0.4, -0.2) is 57.4 Å². The van der Waals surface area contributed by atoms with Crippen molar-refractivity contribution >= 4 is 28.3 Å². The van der Waals surface area contributed by atoms with Crippen LogP contribution in [0.15, 0.2) is 36.8 Å². The third-order valence-corrected chi connectivity index (χ3v) is 5.45. The van der Waals surface area contributed by atoms with E-state index in [0.717, 1.165) is 41.2 Å². The SMILES string of the molecule is C1CCOC1.CNC(=O)c1cnc2c(NC)cc(-c3cn(C(C)C)c4ncccc34)nn12. The molecule has 5 heterocycles. The Bertz CT molecular complexity index is 1230. The van der Waals surface area contributed by atoms with E-state index < -0.39 is 0 Å². The van der Waals surface area contributed by atoms with Gasteiger partial charge in [0, 0.05) is 56.7 Å². The van der Waals surface area contributed by atoms with Crippen molar-refractivity contribution in [1.82, 2.24) is 29.5 Å². The highest BCUT2D eigenvalue weighted by atomic mass is 16.5. The summed E-state index contributed by atoms with van der Waals surface area (Å²) < 4.78 is 8.65. The number of carbonyl (C=O) groups is 1. The topological polar surface area (TPSA) is 98.4 Å². The van der Waals surface area contributed by atoms with Crippen LogP contribution in [0, 0.1) is 0 Å². The second kappa shape index (κ2) is 9.35. The average molecular weight is 436 g/mol. The fourth-order valence-corrected chi connectivity index (χ4v) is 3.76. The normalized spacial score (nSPS) is 13.4. The molecular weight excluding hydrogens is 406 g/mol. The van der Waals surface area contributed by atoms with E-state index in [1.54, 1.807) is 17.8 Å². The second-order valence-electron chi connectivity index (χ2n) is 7.89. The Morgan fingerprint density at radius 1 is 1.16 bits per heavy atom. The number of amides is 1. The molecule has 5 rings (SSSR count). The molecule has 1 aliphatic rings. The smallest absolute Gasteiger partial charge is 0.271 e. The molecule has 0 unspecified atom stereocenters. The molecule has 0 aromatic carbocycles. The van der Waals surface area contributed by atoms with Gasteiger partial charge in [0.15, 0.2) is 11.3 Å². The monoisotopic (exact) mass is 435 g/mol. The zero-order chi connectivity index (χ0) is 22.7. The van der Waals surface area contributed by atoms with Crippen molar-refractivity contribution in [2.75, 3.05) is 32.6 Å². The third-order valence-electron chi connectivity index (χ3n) is 5.45. The number of nitrogens with one attached hydrogen (secondary N) is 2. The van der Waals surface area contributed by atoms with Gasteiger partial charge in [-0.2, -0.15) is 5.10 Å². The molecule has 168 valence electrons. The van der Waals surface area contributed by atoms with E-state index in [-0.39, 0.29) is 11.9 Å². The minimum atomic E-state index is -0.236. The van der Waals surface area contributed by atoms with Crippen molar-refractivity contribution in [3.05, 3.63) is 42.5 Å². The van der Waals surface area contributed by atoms with Gasteiger partial charge in [-0.1, -0.05) is 0 Å². The molecule has 0 radical (unpaired) electrons. The zero-order valence-corrected chi connectivity index (χ0v) is 18.9. The number of aromatic nitrogens is 5. The number of rotatable bonds is 4. The van der Waals surface area contributed by atoms with Gasteiger partial charge in [-0.15, -0.1) is 0 Å². The van der Waals surface area contributed by atoms with Gasteiger partial charge in [0.05, 0.1) is 17.6 Å². The summed E-state index contributed by atoms with van der Waals surface area (Å²) in [5.74, 6) is -0.236. The van der Waals surface area contributed by atoms with Crippen LogP contribution in [0.2, 0.25) is 0 Å². The molecule has 1 aliphatic heterocycles. The van der Waals surface area contributed by atoms with E-state index in [4.69, 9.17) is 9.84 Å². The van der Waals surface area contributed by atoms with Crippen molar-refractivity contribution in [2.45, 2.75) is 32.7 Å². The van der Waals surface area contributed by atoms with Gasteiger partial charge in [-0.25, -0.2) is 14.5 Å². The summed E-state index contributed by atoms with van der Waals surface area (Å²) in [4.78, 5) is 21.1. The molecule has 1 fully saturated rings. The average Bonchev–Trinajstić information content (AvgIpc) is 3.58. The van der Waals surface area contributed by atoms with Gasteiger partial charge >= 0.3 is 0 Å². The highest BCUT2D eigenvalue weighted by Crippen LogP contribution is 2.32. The first-order valence-electron chi connectivity index (χ1n) is 10.9. The minimum Gasteiger partial charge on any atom is -0.385 e. The van der Waals surface area contributed by atoms with Gasteiger partial charge in [-0.3, -0.25) is 4.79 Å². The number of pyridine rings is 1. The first kappa shape index (κ1) is 21.8. The lowest BCUT2D eigenvalue weighted by Gasteiger charge is -2.08. The fraction of sp³-hybridized carbons (Fsp3) is 0.391. The number of imidazole rings is 1. The highest BCUT2D eigenvalue weighted by Gasteiger charge is 2.19. The number of anilines is 1. The molecule has 1 amide bonds. The van der Waals surface area contributed by atoms with Crippen LogP contribution in [-0.2, 0) is 4.74 Å². The van der Waals surface area contributed by atoms with Crippen LogP contribution in [0.5, 0.6) is 0 Å². The first-order chi connectivity index (χ1) is 15.5. The molecule has 0 saturated carbocycles. The van der Waals surface area contributed by atoms with Crippen LogP contribution in [0.3, 0.4) is 0 Å². The molecule has 1 saturated heterocycles. The van der Waals surface area contributed by atoms with Gasteiger partial charge in [0.25, 0.3) is 5.91 Å². The summed E-state index contributed by atoms with van der Waals surface area (Å²) in [7, 11) is 3.42. The van der Waals surface area contributed by atoms with E-state index in [2.05, 4.69) is 45.2 Å². The maximum absolute atomic E-state index is 12.2. The fourth-order valence-electron chi connectivity index (χ4n) is 3.76. The number of ether oxygens (including phenoxy) is 1. The summed E-state index contributed by atoms with van der Waals surface area (Å²) in [5, 5.41) is 11.5. The Hall–Kier alpha value is -3.46. The maximum Gasteiger partial charge on any atom is 0.271 e. The van der Waals surface area contributed by atoms with Gasteiger partial charge in [-0.05, 0) is 44.9 Å². The lowest BCUT2D eigenvalue weighted by Crippen LogP contribution is -2.20. The predicted molar refractivity (Wildman–Crippen MR) is 125 cm³/mol. The third kappa shape index (κ3) is 4.03. The Labute approximate surface area is 186 Å². The highest BCUT2D eigenvalue weighted by molar-refractivity contribution is 5.96. The van der Waals surface area contributed by atoms with Crippen molar-refractivity contribution < 1.29 is 9.53 Å². The maximum atomic E-state index is 12.2. The Balaban J connectivity index is 0.000000433. The number of hydrogen-bond acceptors (Lipinski definition) is 6. The Kier molecular flexibility index (Phi) is 6.36. The number of carbonyl (C=O) groups excluding carboxylic acids is 1. The molecule has 0 bridgehead atoms. The summed E-state index contributed by atoms with van der Waals surface area (Å²) in [6.45, 7) is 6.24. The first-order valence-corrected chi connectivity index (χ1v) is 10.9. The zero-order valence-electron chi connectivity index (χ0n) is 18.9. The van der Waals surface area contributed by atoms with E-state index in [1.165, 1.54) is 19.0 Å². The molecule has 9 heteroatoms. The molecule has 4 aromatic heterocycles. The molecular formula is C23H29N7O2. The predicted octanol–water partition coefficient (Wildman–Crippen LogP) is 3.53. The lowest BCUT2D eigenvalue weighted by molar-refractivity contribution is 0.0956. The quantitative estimate of drug-likeness (QED) is 0.509. The largest absolute Gasteiger partial charge is 0.385 e. The molecule has 9 nitrogen and oxygen atoms in total. The van der Waals surface area contributed by atoms with Crippen molar-refractivity contribution in [3.8, 4) is 11.3 Å². The van der Waals surface area contributed by atoms with Gasteiger partial charge in [0.2, 0.25) is 0 Å². The van der Waals surface area contributed by atoms with Crippen molar-refractivity contribution in [1.29, 1.82) is 0 Å². The standard InChI is InChI=1S/C19H21N7O.C4H8O/c1-11(2)25-10-13(12-6-5-7-22-17(12)25)14-8-15(20-3)18-23-9-16(19(27)21-4)26(18)24-14;1-2-4-5-3-1/h5-11,20H,1-4H3,(H,21,27);1-4H2. The van der Waals surface area contributed by atoms with Crippen LogP contribution in [0.4, 0.5) is 5.69 Å². The number of hydrogen-bond donors (Lipinski definition) is 2. The van der Waals surface area contributed by atoms with Gasteiger partial charge < -0.3 is 19.9 Å². The van der Waals surface area contributed by atoms with Crippen LogP contribution < -0.4 is 10.6 Å². The Morgan fingerprint density at radius 2 is 1.94 bits per heavy atom. The summed E-state index contributed by atoms with van der Waals surface area (Å²) in [6, 6.07) is 6.16. The van der Waals surface area contributed by atoms with Gasteiger partial charge in [0.1, 0.15) is 5.65 Å². The molecule has 32 heavy (non-hydrogen) atoms. The second-order valence-corrected chi connectivity index (χ2v) is 7.89. The van der Waals surface area contributed by atoms with E-state index in [0.29, 0.717) is 11.3 Å². The summed E-state index contributed by atoms with van der Waals surface area (Å²) >= 11 is 0. The van der Waals surface area contributed by atoms with Crippen molar-refractivity contribution in [2.24, 2.45) is 0 Å². The van der Waals surface area contributed by atoms with E-state index >= 15 is 0 Å².